The van der Waals surface area contributed by atoms with Gasteiger partial charge in [-0.25, -0.2) is 0 Å². The van der Waals surface area contributed by atoms with Gasteiger partial charge in [-0.3, -0.25) is 19.7 Å². The van der Waals surface area contributed by atoms with Crippen LogP contribution in [0.1, 0.15) is 40.5 Å². The number of nitrogens with one attached hydrogen (secondary N) is 2. The predicted molar refractivity (Wildman–Crippen MR) is 100 cm³/mol. The molecule has 148 valence electrons. The van der Waals surface area contributed by atoms with Crippen molar-refractivity contribution in [3.05, 3.63) is 0 Å². The van der Waals surface area contributed by atoms with Gasteiger partial charge in [-0.15, -0.1) is 11.8 Å². The Morgan fingerprint density at radius 1 is 1.31 bits per heavy atom. The fraction of sp³-hybridized carbons (Fsp3) is 0.824. The molecule has 1 spiro atoms. The number of carbonyl (C=O) groups excluding carboxylic acids is 3. The number of hydrogen-bond acceptors (Lipinski definition) is 6. The lowest BCUT2D eigenvalue weighted by Crippen LogP contribution is -2.58. The summed E-state index contributed by atoms with van der Waals surface area (Å²) in [6, 6.07) is -1.55. The number of aliphatic hydroxyl groups is 1. The molecule has 0 aromatic carbocycles. The minimum Gasteiger partial charge on any atom is -0.391 e. The van der Waals surface area contributed by atoms with Crippen LogP contribution < -0.4 is 16.4 Å². The number of aliphatic hydroxyl groups excluding tert-OH is 1. The topological polar surface area (TPSA) is 125 Å². The van der Waals surface area contributed by atoms with Crippen molar-refractivity contribution in [3.63, 3.8) is 0 Å². The second kappa shape index (κ2) is 7.74. The van der Waals surface area contributed by atoms with Gasteiger partial charge in [0, 0.05) is 24.3 Å². The Kier molecular flexibility index (Phi) is 6.24. The van der Waals surface area contributed by atoms with Crippen LogP contribution in [0.15, 0.2) is 0 Å². The van der Waals surface area contributed by atoms with E-state index in [1.807, 2.05) is 25.7 Å². The van der Waals surface area contributed by atoms with Gasteiger partial charge in [0.25, 0.3) is 0 Å². The molecule has 2 rings (SSSR count). The molecule has 3 atom stereocenters. The van der Waals surface area contributed by atoms with Crippen LogP contribution in [0, 0.1) is 5.41 Å². The summed E-state index contributed by atoms with van der Waals surface area (Å²) < 4.78 is 0. The fourth-order valence-corrected chi connectivity index (χ4v) is 4.72. The van der Waals surface area contributed by atoms with E-state index < -0.39 is 29.5 Å². The van der Waals surface area contributed by atoms with Crippen LogP contribution in [-0.4, -0.2) is 69.6 Å². The highest BCUT2D eigenvalue weighted by atomic mass is 32.2. The van der Waals surface area contributed by atoms with Crippen molar-refractivity contribution in [2.75, 3.05) is 18.8 Å². The largest absolute Gasteiger partial charge is 0.391 e. The van der Waals surface area contributed by atoms with Crippen LogP contribution in [-0.2, 0) is 14.4 Å². The van der Waals surface area contributed by atoms with Gasteiger partial charge < -0.3 is 21.1 Å². The van der Waals surface area contributed by atoms with Crippen molar-refractivity contribution in [2.24, 2.45) is 11.1 Å². The van der Waals surface area contributed by atoms with Crippen molar-refractivity contribution in [1.29, 1.82) is 0 Å². The quantitative estimate of drug-likeness (QED) is 0.512. The number of nitrogens with zero attached hydrogens (tertiary/aromatic N) is 1. The van der Waals surface area contributed by atoms with Gasteiger partial charge in [0.05, 0.1) is 17.0 Å². The number of amides is 3. The van der Waals surface area contributed by atoms with Crippen LogP contribution in [0.5, 0.6) is 0 Å². The summed E-state index contributed by atoms with van der Waals surface area (Å²) in [5.74, 6) is -0.384. The normalized spacial score (nSPS) is 25.0. The lowest BCUT2D eigenvalue weighted by Gasteiger charge is -2.41. The molecule has 8 nitrogen and oxygen atoms in total. The van der Waals surface area contributed by atoms with Crippen LogP contribution >= 0.6 is 11.8 Å². The SMILES string of the molecule is C[C@@H](O)[C@H](NC(=O)[C@@H]1CSC2(CCN(C(=O)C(C)(C)C)CC2)N1)C(N)=O. The Bertz CT molecular complexity index is 568. The van der Waals surface area contributed by atoms with Gasteiger partial charge in [-0.1, -0.05) is 20.8 Å². The Hall–Kier alpha value is -1.32. The maximum absolute atomic E-state index is 12.4. The van der Waals surface area contributed by atoms with E-state index in [1.54, 1.807) is 11.8 Å². The molecular formula is C17H30N4O4S. The molecule has 9 heteroatoms. The van der Waals surface area contributed by atoms with Gasteiger partial charge in [0.2, 0.25) is 17.7 Å². The van der Waals surface area contributed by atoms with Gasteiger partial charge in [-0.2, -0.15) is 0 Å². The van der Waals surface area contributed by atoms with E-state index in [9.17, 15) is 19.5 Å². The Labute approximate surface area is 158 Å². The minimum atomic E-state index is -1.10. The van der Waals surface area contributed by atoms with E-state index in [0.29, 0.717) is 18.8 Å². The Morgan fingerprint density at radius 2 is 1.88 bits per heavy atom. The molecule has 2 fully saturated rings. The molecule has 0 saturated carbocycles. The Balaban J connectivity index is 1.91. The zero-order chi connectivity index (χ0) is 19.7. The monoisotopic (exact) mass is 386 g/mol. The molecule has 0 aromatic heterocycles. The summed E-state index contributed by atoms with van der Waals surface area (Å²) in [5, 5.41) is 15.5. The third kappa shape index (κ3) is 4.69. The lowest BCUT2D eigenvalue weighted by molar-refractivity contribution is -0.140. The average Bonchev–Trinajstić information content (AvgIpc) is 2.95. The highest BCUT2D eigenvalue weighted by Crippen LogP contribution is 2.39. The van der Waals surface area contributed by atoms with Gasteiger partial charge >= 0.3 is 0 Å². The second-order valence-electron chi connectivity index (χ2n) is 8.17. The number of carbonyl (C=O) groups is 3. The van der Waals surface area contributed by atoms with E-state index in [0.717, 1.165) is 12.8 Å². The van der Waals surface area contributed by atoms with Gasteiger partial charge in [0.1, 0.15) is 6.04 Å². The molecule has 3 amide bonds. The third-order valence-corrected chi connectivity index (χ3v) is 6.45. The van der Waals surface area contributed by atoms with Crippen molar-refractivity contribution in [1.82, 2.24) is 15.5 Å². The third-order valence-electron chi connectivity index (χ3n) is 4.87. The molecule has 2 aliphatic heterocycles. The summed E-state index contributed by atoms with van der Waals surface area (Å²) in [6.45, 7) is 8.47. The molecule has 0 radical (unpaired) electrons. The van der Waals surface area contributed by atoms with Crippen molar-refractivity contribution < 1.29 is 19.5 Å². The van der Waals surface area contributed by atoms with Crippen LogP contribution in [0.25, 0.3) is 0 Å². The average molecular weight is 387 g/mol. The standard InChI is InChI=1S/C17H30N4O4S/c1-10(22)12(13(18)23)19-14(24)11-9-26-17(20-11)5-7-21(8-6-17)15(25)16(2,3)4/h10-12,20,22H,5-9H2,1-4H3,(H2,18,23)(H,19,24)/t10-,11+,12+/m1/s1. The second-order valence-corrected chi connectivity index (χ2v) is 9.58. The number of piperidine rings is 1. The summed E-state index contributed by atoms with van der Waals surface area (Å²) in [4.78, 5) is 37.8. The zero-order valence-corrected chi connectivity index (χ0v) is 16.7. The number of rotatable bonds is 4. The first-order valence-electron chi connectivity index (χ1n) is 8.94. The number of primary amides is 1. The number of nitrogens with two attached hydrogens (primary N) is 1. The smallest absolute Gasteiger partial charge is 0.242 e. The summed E-state index contributed by atoms with van der Waals surface area (Å²) in [6.07, 6.45) is 0.476. The molecule has 0 unspecified atom stereocenters. The van der Waals surface area contributed by atoms with Crippen LogP contribution in [0.2, 0.25) is 0 Å². The first-order valence-corrected chi connectivity index (χ1v) is 9.92. The van der Waals surface area contributed by atoms with E-state index in [4.69, 9.17) is 5.73 Å². The number of thioether (sulfide) groups is 1. The first-order chi connectivity index (χ1) is 11.9. The van der Waals surface area contributed by atoms with Gasteiger partial charge in [-0.05, 0) is 19.8 Å². The summed E-state index contributed by atoms with van der Waals surface area (Å²) in [5.41, 5.74) is 4.83. The molecule has 2 aliphatic rings. The van der Waals surface area contributed by atoms with E-state index >= 15 is 0 Å². The highest BCUT2D eigenvalue weighted by Gasteiger charge is 2.45. The first kappa shape index (κ1) is 21.0. The van der Waals surface area contributed by atoms with E-state index in [2.05, 4.69) is 10.6 Å². The van der Waals surface area contributed by atoms with Crippen molar-refractivity contribution in [3.8, 4) is 0 Å². The predicted octanol–water partition coefficient (Wildman–Crippen LogP) is -0.593. The lowest BCUT2D eigenvalue weighted by atomic mass is 9.92. The van der Waals surface area contributed by atoms with Crippen LogP contribution in [0.3, 0.4) is 0 Å². The molecule has 0 bridgehead atoms. The maximum atomic E-state index is 12.4. The summed E-state index contributed by atoms with van der Waals surface area (Å²) >= 11 is 1.68. The number of hydrogen-bond donors (Lipinski definition) is 4. The Morgan fingerprint density at radius 3 is 2.35 bits per heavy atom. The van der Waals surface area contributed by atoms with Crippen LogP contribution in [0.4, 0.5) is 0 Å². The summed E-state index contributed by atoms with van der Waals surface area (Å²) in [7, 11) is 0. The molecular weight excluding hydrogens is 356 g/mol. The van der Waals surface area contributed by atoms with E-state index in [1.165, 1.54) is 6.92 Å². The zero-order valence-electron chi connectivity index (χ0n) is 15.9. The molecule has 0 aromatic rings. The molecule has 0 aliphatic carbocycles. The molecule has 5 N–H and O–H groups in total. The molecule has 26 heavy (non-hydrogen) atoms. The molecule has 2 saturated heterocycles. The number of likely N-dealkylation sites (tertiary alicyclic amines) is 1. The maximum Gasteiger partial charge on any atom is 0.242 e. The van der Waals surface area contributed by atoms with Crippen molar-refractivity contribution >= 4 is 29.5 Å². The highest BCUT2D eigenvalue weighted by molar-refractivity contribution is 8.01. The van der Waals surface area contributed by atoms with Crippen molar-refractivity contribution in [2.45, 2.75) is 63.6 Å². The fourth-order valence-electron chi connectivity index (χ4n) is 3.30. The molecule has 2 heterocycles. The van der Waals surface area contributed by atoms with E-state index in [-0.39, 0.29) is 16.7 Å². The van der Waals surface area contributed by atoms with Gasteiger partial charge in [0.15, 0.2) is 0 Å². The minimum absolute atomic E-state index is 0.144.